The van der Waals surface area contributed by atoms with Crippen LogP contribution in [-0.2, 0) is 4.79 Å². The van der Waals surface area contributed by atoms with Crippen molar-refractivity contribution >= 4 is 23.4 Å². The normalized spacial score (nSPS) is 11.9. The fourth-order valence-electron chi connectivity index (χ4n) is 2.55. The van der Waals surface area contributed by atoms with Crippen LogP contribution < -0.4 is 5.32 Å². The molecule has 4 aromatic rings. The van der Waals surface area contributed by atoms with Gasteiger partial charge in [-0.15, -0.1) is 20.1 Å². The van der Waals surface area contributed by atoms with Gasteiger partial charge in [-0.05, 0) is 42.0 Å². The minimum Gasteiger partial charge on any atom is -0.325 e. The third-order valence-electron chi connectivity index (χ3n) is 3.85. The van der Waals surface area contributed by atoms with Gasteiger partial charge in [0.05, 0.1) is 11.9 Å². The van der Waals surface area contributed by atoms with Crippen molar-refractivity contribution in [2.45, 2.75) is 17.2 Å². The molecule has 2 heterocycles. The molecule has 0 fully saturated rings. The molecule has 0 bridgehead atoms. The van der Waals surface area contributed by atoms with Gasteiger partial charge in [0.25, 0.3) is 0 Å². The summed E-state index contributed by atoms with van der Waals surface area (Å²) >= 11 is 1.33. The van der Waals surface area contributed by atoms with E-state index < -0.39 is 5.25 Å². The molecule has 10 heteroatoms. The summed E-state index contributed by atoms with van der Waals surface area (Å²) in [5, 5.41) is 25.5. The summed E-state index contributed by atoms with van der Waals surface area (Å²) in [5.74, 6) is 0.439. The molecule has 0 aliphatic rings. The highest BCUT2D eigenvalue weighted by atomic mass is 32.2. The summed E-state index contributed by atoms with van der Waals surface area (Å²) in [6.45, 7) is 1.77. The van der Waals surface area contributed by atoms with E-state index >= 15 is 0 Å². The summed E-state index contributed by atoms with van der Waals surface area (Å²) < 4.78 is 0. The third-order valence-corrected chi connectivity index (χ3v) is 5.01. The molecule has 1 atom stereocenters. The van der Waals surface area contributed by atoms with Crippen molar-refractivity contribution in [3.63, 3.8) is 0 Å². The number of carbonyl (C=O) groups is 1. The van der Waals surface area contributed by atoms with Gasteiger partial charge < -0.3 is 5.32 Å². The Morgan fingerprint density at radius 1 is 1.14 bits per heavy atom. The summed E-state index contributed by atoms with van der Waals surface area (Å²) in [5.41, 5.74) is 2.31. The van der Waals surface area contributed by atoms with Crippen LogP contribution >= 0.6 is 11.8 Å². The van der Waals surface area contributed by atoms with Crippen molar-refractivity contribution in [2.24, 2.45) is 0 Å². The summed E-state index contributed by atoms with van der Waals surface area (Å²) in [4.78, 5) is 14.4. The lowest BCUT2D eigenvalue weighted by molar-refractivity contribution is -0.115. The second kappa shape index (κ2) is 8.01. The Hall–Kier alpha value is -3.53. The predicted molar refractivity (Wildman–Crippen MR) is 104 cm³/mol. The number of amides is 1. The van der Waals surface area contributed by atoms with Crippen molar-refractivity contribution in [1.29, 1.82) is 0 Å². The van der Waals surface area contributed by atoms with Gasteiger partial charge in [-0.1, -0.05) is 42.1 Å². The first-order valence-corrected chi connectivity index (χ1v) is 9.32. The van der Waals surface area contributed by atoms with E-state index in [1.807, 2.05) is 42.5 Å². The Kier molecular flexibility index (Phi) is 5.11. The van der Waals surface area contributed by atoms with Gasteiger partial charge in [-0.2, -0.15) is 10.3 Å². The van der Waals surface area contributed by atoms with E-state index in [9.17, 15) is 4.79 Å². The van der Waals surface area contributed by atoms with Gasteiger partial charge in [-0.25, -0.2) is 0 Å². The van der Waals surface area contributed by atoms with E-state index in [4.69, 9.17) is 0 Å². The maximum Gasteiger partial charge on any atom is 0.242 e. The Labute approximate surface area is 164 Å². The smallest absolute Gasteiger partial charge is 0.242 e. The van der Waals surface area contributed by atoms with Crippen molar-refractivity contribution in [1.82, 2.24) is 35.6 Å². The van der Waals surface area contributed by atoms with E-state index in [2.05, 4.69) is 36.1 Å². The highest BCUT2D eigenvalue weighted by Gasteiger charge is 2.23. The van der Waals surface area contributed by atoms with E-state index in [-0.39, 0.29) is 5.91 Å². The predicted octanol–water partition coefficient (Wildman–Crippen LogP) is 2.56. The second-order valence-electron chi connectivity index (χ2n) is 5.88. The number of hydrogen-bond acceptors (Lipinski definition) is 7. The molecule has 2 N–H and O–H groups in total. The first-order valence-electron chi connectivity index (χ1n) is 8.44. The average molecular weight is 392 g/mol. The van der Waals surface area contributed by atoms with Crippen LogP contribution in [0.1, 0.15) is 16.6 Å². The number of nitrogens with zero attached hydrogens (tertiary/aromatic N) is 6. The summed E-state index contributed by atoms with van der Waals surface area (Å²) in [6.07, 6.45) is 1.59. The number of aromatic nitrogens is 7. The van der Waals surface area contributed by atoms with Crippen LogP contribution in [0.2, 0.25) is 0 Å². The standard InChI is InChI=1S/C18H16N8OS/c1-12-21-25-26(23-12)15-9-7-14(8-10-15)20-18(27)17(13-5-3-2-4-6-13)28-16-11-19-24-22-16/h2-11,17H,1H3,(H,20,27)(H,19,22,24)/t17-/m0/s1. The summed E-state index contributed by atoms with van der Waals surface area (Å²) in [7, 11) is 0. The maximum atomic E-state index is 13.0. The van der Waals surface area contributed by atoms with Gasteiger partial charge in [0.15, 0.2) is 5.82 Å². The minimum atomic E-state index is -0.467. The van der Waals surface area contributed by atoms with Crippen molar-refractivity contribution in [3.8, 4) is 5.69 Å². The Bertz CT molecular complexity index is 1050. The molecule has 28 heavy (non-hydrogen) atoms. The Balaban J connectivity index is 1.52. The molecule has 0 radical (unpaired) electrons. The molecular weight excluding hydrogens is 376 g/mol. The molecular formula is C18H16N8OS. The lowest BCUT2D eigenvalue weighted by Crippen LogP contribution is -2.19. The number of carbonyl (C=O) groups excluding carboxylic acids is 1. The highest BCUT2D eigenvalue weighted by molar-refractivity contribution is 8.00. The highest BCUT2D eigenvalue weighted by Crippen LogP contribution is 2.34. The van der Waals surface area contributed by atoms with Crippen LogP contribution in [0.3, 0.4) is 0 Å². The zero-order chi connectivity index (χ0) is 19.3. The number of aryl methyl sites for hydroxylation is 1. The molecule has 9 nitrogen and oxygen atoms in total. The SMILES string of the molecule is Cc1nnn(-c2ccc(NC(=O)[C@@H](Sc3cn[nH]n3)c3ccccc3)cc2)n1. The van der Waals surface area contributed by atoms with E-state index in [0.29, 0.717) is 16.5 Å². The molecule has 0 spiro atoms. The number of thioether (sulfide) groups is 1. The summed E-state index contributed by atoms with van der Waals surface area (Å²) in [6, 6.07) is 16.8. The van der Waals surface area contributed by atoms with E-state index in [0.717, 1.165) is 11.3 Å². The van der Waals surface area contributed by atoms with Gasteiger partial charge >= 0.3 is 0 Å². The minimum absolute atomic E-state index is 0.151. The first kappa shape index (κ1) is 17.9. The third kappa shape index (κ3) is 4.07. The van der Waals surface area contributed by atoms with Crippen LogP contribution in [0.5, 0.6) is 0 Å². The average Bonchev–Trinajstić information content (AvgIpc) is 3.39. The molecule has 0 unspecified atom stereocenters. The Morgan fingerprint density at radius 2 is 1.93 bits per heavy atom. The molecule has 0 saturated carbocycles. The van der Waals surface area contributed by atoms with Crippen molar-refractivity contribution in [3.05, 3.63) is 72.2 Å². The van der Waals surface area contributed by atoms with Crippen LogP contribution in [0.4, 0.5) is 5.69 Å². The molecule has 2 aromatic carbocycles. The number of tetrazole rings is 1. The fourth-order valence-corrected chi connectivity index (χ4v) is 3.46. The molecule has 0 aliphatic carbocycles. The number of rotatable bonds is 6. The second-order valence-corrected chi connectivity index (χ2v) is 7.00. The topological polar surface area (TPSA) is 114 Å². The Morgan fingerprint density at radius 3 is 2.57 bits per heavy atom. The van der Waals surface area contributed by atoms with E-state index in [1.165, 1.54) is 16.6 Å². The maximum absolute atomic E-state index is 13.0. The molecule has 0 saturated heterocycles. The van der Waals surface area contributed by atoms with Crippen LogP contribution in [0.15, 0.2) is 65.8 Å². The molecule has 140 valence electrons. The van der Waals surface area contributed by atoms with Crippen molar-refractivity contribution in [2.75, 3.05) is 5.32 Å². The van der Waals surface area contributed by atoms with E-state index in [1.54, 1.807) is 25.3 Å². The number of aromatic amines is 1. The van der Waals surface area contributed by atoms with Crippen molar-refractivity contribution < 1.29 is 4.79 Å². The zero-order valence-electron chi connectivity index (χ0n) is 14.9. The van der Waals surface area contributed by atoms with Gasteiger partial charge in [0.2, 0.25) is 5.91 Å². The number of H-pyrrole nitrogens is 1. The van der Waals surface area contributed by atoms with Gasteiger partial charge in [-0.3, -0.25) is 4.79 Å². The monoisotopic (exact) mass is 392 g/mol. The zero-order valence-corrected chi connectivity index (χ0v) is 15.7. The number of anilines is 1. The van der Waals surface area contributed by atoms with Crippen LogP contribution in [0, 0.1) is 6.92 Å². The number of benzene rings is 2. The number of hydrogen-bond donors (Lipinski definition) is 2. The van der Waals surface area contributed by atoms with Crippen LogP contribution in [0.25, 0.3) is 5.69 Å². The molecule has 0 aliphatic heterocycles. The largest absolute Gasteiger partial charge is 0.325 e. The van der Waals surface area contributed by atoms with Gasteiger partial charge in [0, 0.05) is 5.69 Å². The lowest BCUT2D eigenvalue weighted by atomic mass is 10.1. The lowest BCUT2D eigenvalue weighted by Gasteiger charge is -2.16. The molecule has 2 aromatic heterocycles. The van der Waals surface area contributed by atoms with Crippen LogP contribution in [-0.4, -0.2) is 41.5 Å². The quantitative estimate of drug-likeness (QED) is 0.485. The fraction of sp³-hybridized carbons (Fsp3) is 0.111. The first-order chi connectivity index (χ1) is 13.7. The van der Waals surface area contributed by atoms with Gasteiger partial charge in [0.1, 0.15) is 10.3 Å². The number of nitrogens with one attached hydrogen (secondary N) is 2. The molecule has 4 rings (SSSR count). The molecule has 1 amide bonds.